The monoisotopic (exact) mass is 593 g/mol. The number of halogens is 3. The summed E-state index contributed by atoms with van der Waals surface area (Å²) in [5.74, 6) is 0.290. The molecule has 1 aliphatic heterocycles. The summed E-state index contributed by atoms with van der Waals surface area (Å²) in [5.41, 5.74) is 6.86. The van der Waals surface area contributed by atoms with Crippen LogP contribution in [0.4, 0.5) is 5.13 Å². The second-order valence-corrected chi connectivity index (χ2v) is 11.7. The maximum Gasteiger partial charge on any atom is 0.207 e. The summed E-state index contributed by atoms with van der Waals surface area (Å²) in [6, 6.07) is 24.5. The average molecular weight is 595 g/mol. The number of hydrogen-bond donors (Lipinski definition) is 0. The fourth-order valence-electron chi connectivity index (χ4n) is 5.03. The Morgan fingerprint density at radius 2 is 1.61 bits per heavy atom. The van der Waals surface area contributed by atoms with Crippen molar-refractivity contribution in [2.24, 2.45) is 11.0 Å². The molecule has 3 nitrogen and oxygen atoms in total. The van der Waals surface area contributed by atoms with Gasteiger partial charge in [0.25, 0.3) is 0 Å². The second-order valence-electron chi connectivity index (χ2n) is 9.07. The number of anilines is 1. The summed E-state index contributed by atoms with van der Waals surface area (Å²) >= 11 is 17.5. The number of nitrogens with zero attached hydrogens (tertiary/aromatic N) is 3. The van der Waals surface area contributed by atoms with Crippen LogP contribution in [0.3, 0.4) is 0 Å². The molecule has 0 N–H and O–H groups in total. The number of thiazole rings is 1. The first-order valence-electron chi connectivity index (χ1n) is 11.9. The summed E-state index contributed by atoms with van der Waals surface area (Å²) in [4.78, 5) is 5.02. The molecule has 1 aliphatic carbocycles. The Bertz CT molecular complexity index is 1440. The topological polar surface area (TPSA) is 28.5 Å². The largest absolute Gasteiger partial charge is 0.231 e. The fraction of sp³-hybridized carbons (Fsp3) is 0.172. The van der Waals surface area contributed by atoms with E-state index in [4.69, 9.17) is 33.3 Å². The molecule has 1 aromatic heterocycles. The molecule has 1 fully saturated rings. The van der Waals surface area contributed by atoms with Crippen molar-refractivity contribution in [2.45, 2.75) is 25.3 Å². The van der Waals surface area contributed by atoms with E-state index in [1.54, 1.807) is 11.3 Å². The predicted molar refractivity (Wildman–Crippen MR) is 156 cm³/mol. The molecule has 0 bridgehead atoms. The average Bonchev–Trinajstić information content (AvgIpc) is 3.52. The van der Waals surface area contributed by atoms with E-state index in [0.29, 0.717) is 5.92 Å². The molecule has 2 aliphatic rings. The fourth-order valence-corrected chi connectivity index (χ4v) is 6.37. The van der Waals surface area contributed by atoms with Crippen LogP contribution in [-0.4, -0.2) is 10.7 Å². The van der Waals surface area contributed by atoms with E-state index in [9.17, 15) is 0 Å². The van der Waals surface area contributed by atoms with Gasteiger partial charge in [-0.05, 0) is 78.4 Å². The van der Waals surface area contributed by atoms with Crippen molar-refractivity contribution in [3.63, 3.8) is 0 Å². The molecule has 7 heteroatoms. The third-order valence-corrected chi connectivity index (χ3v) is 8.61. The Hall–Kier alpha value is -2.44. The van der Waals surface area contributed by atoms with Crippen molar-refractivity contribution in [1.82, 2.24) is 4.98 Å². The molecule has 3 aromatic carbocycles. The molecule has 0 spiro atoms. The van der Waals surface area contributed by atoms with Crippen molar-refractivity contribution in [2.75, 3.05) is 5.01 Å². The lowest BCUT2D eigenvalue weighted by Crippen LogP contribution is -2.28. The molecule has 180 valence electrons. The van der Waals surface area contributed by atoms with E-state index >= 15 is 0 Å². The van der Waals surface area contributed by atoms with Crippen LogP contribution in [0.15, 0.2) is 93.3 Å². The number of aromatic nitrogens is 1. The molecule has 2 unspecified atom stereocenters. The van der Waals surface area contributed by atoms with Gasteiger partial charge < -0.3 is 0 Å². The molecule has 0 radical (unpaired) electrons. The third kappa shape index (κ3) is 4.78. The lowest BCUT2D eigenvalue weighted by atomic mass is 9.77. The van der Waals surface area contributed by atoms with Crippen LogP contribution in [-0.2, 0) is 0 Å². The van der Waals surface area contributed by atoms with Gasteiger partial charge in [0.1, 0.15) is 0 Å². The minimum absolute atomic E-state index is 0.0788. The second kappa shape index (κ2) is 10.1. The quantitative estimate of drug-likeness (QED) is 0.235. The minimum atomic E-state index is 0.0788. The van der Waals surface area contributed by atoms with Crippen LogP contribution < -0.4 is 5.01 Å². The zero-order valence-corrected chi connectivity index (χ0v) is 23.2. The Kier molecular flexibility index (Phi) is 6.74. The van der Waals surface area contributed by atoms with Gasteiger partial charge in [-0.25, -0.2) is 9.99 Å². The first-order valence-corrected chi connectivity index (χ1v) is 14.3. The molecule has 4 aromatic rings. The maximum atomic E-state index is 6.24. The Morgan fingerprint density at radius 1 is 0.917 bits per heavy atom. The number of hydrogen-bond acceptors (Lipinski definition) is 4. The molecular weight excluding hydrogens is 573 g/mol. The van der Waals surface area contributed by atoms with Crippen molar-refractivity contribution >= 4 is 67.4 Å². The summed E-state index contributed by atoms with van der Waals surface area (Å²) in [6.45, 7) is 0. The van der Waals surface area contributed by atoms with Gasteiger partial charge in [0, 0.05) is 31.4 Å². The van der Waals surface area contributed by atoms with Crippen LogP contribution in [0.25, 0.3) is 17.3 Å². The predicted octanol–water partition coefficient (Wildman–Crippen LogP) is 9.68. The number of benzene rings is 3. The van der Waals surface area contributed by atoms with Gasteiger partial charge in [0.15, 0.2) is 0 Å². The van der Waals surface area contributed by atoms with E-state index in [1.807, 2.05) is 36.4 Å². The summed E-state index contributed by atoms with van der Waals surface area (Å²) in [7, 11) is 0. The van der Waals surface area contributed by atoms with Gasteiger partial charge in [-0.1, -0.05) is 75.5 Å². The molecule has 2 atom stereocenters. The number of allylic oxidation sites excluding steroid dienone is 1. The number of rotatable bonds is 4. The molecule has 0 saturated heterocycles. The molecule has 0 amide bonds. The maximum absolute atomic E-state index is 6.24. The van der Waals surface area contributed by atoms with Crippen LogP contribution in [0.2, 0.25) is 10.0 Å². The Morgan fingerprint density at radius 3 is 2.33 bits per heavy atom. The van der Waals surface area contributed by atoms with Gasteiger partial charge in [0.2, 0.25) is 5.13 Å². The van der Waals surface area contributed by atoms with E-state index in [1.165, 1.54) is 11.1 Å². The van der Waals surface area contributed by atoms with E-state index in [0.717, 1.165) is 61.4 Å². The smallest absolute Gasteiger partial charge is 0.207 e. The van der Waals surface area contributed by atoms with Crippen molar-refractivity contribution in [3.8, 4) is 11.3 Å². The van der Waals surface area contributed by atoms with Crippen LogP contribution >= 0.6 is 50.5 Å². The van der Waals surface area contributed by atoms with Gasteiger partial charge in [-0.2, -0.15) is 5.10 Å². The molecule has 36 heavy (non-hydrogen) atoms. The van der Waals surface area contributed by atoms with E-state index < -0.39 is 0 Å². The minimum Gasteiger partial charge on any atom is -0.231 e. The van der Waals surface area contributed by atoms with Crippen molar-refractivity contribution < 1.29 is 0 Å². The summed E-state index contributed by atoms with van der Waals surface area (Å²) in [6.07, 6.45) is 5.49. The highest BCUT2D eigenvalue weighted by atomic mass is 79.9. The van der Waals surface area contributed by atoms with Gasteiger partial charge >= 0.3 is 0 Å². The Labute approximate surface area is 233 Å². The first-order chi connectivity index (χ1) is 17.5. The highest BCUT2D eigenvalue weighted by molar-refractivity contribution is 9.10. The molecule has 1 saturated carbocycles. The first kappa shape index (κ1) is 23.9. The molecule has 2 heterocycles. The van der Waals surface area contributed by atoms with Crippen molar-refractivity contribution in [3.05, 3.63) is 109 Å². The van der Waals surface area contributed by atoms with E-state index in [2.05, 4.69) is 68.8 Å². The van der Waals surface area contributed by atoms with Crippen LogP contribution in [0, 0.1) is 5.92 Å². The Balaban J connectivity index is 1.41. The van der Waals surface area contributed by atoms with Gasteiger partial charge in [-0.15, -0.1) is 11.3 Å². The lowest BCUT2D eigenvalue weighted by molar-refractivity contribution is 0.487. The van der Waals surface area contributed by atoms with Crippen LogP contribution in [0.5, 0.6) is 0 Å². The zero-order chi connectivity index (χ0) is 24.6. The summed E-state index contributed by atoms with van der Waals surface area (Å²) < 4.78 is 1.06. The number of fused-ring (bicyclic) bond motifs is 1. The molecule has 6 rings (SSSR count). The summed E-state index contributed by atoms with van der Waals surface area (Å²) in [5, 5.41) is 11.9. The highest BCUT2D eigenvalue weighted by Gasteiger charge is 2.42. The third-order valence-electron chi connectivity index (χ3n) is 6.75. The van der Waals surface area contributed by atoms with Crippen LogP contribution in [0.1, 0.15) is 36.4 Å². The van der Waals surface area contributed by atoms with Gasteiger partial charge in [0.05, 0.1) is 17.4 Å². The zero-order valence-electron chi connectivity index (χ0n) is 19.2. The van der Waals surface area contributed by atoms with Crippen molar-refractivity contribution in [1.29, 1.82) is 0 Å². The lowest BCUT2D eigenvalue weighted by Gasteiger charge is -2.29. The van der Waals surface area contributed by atoms with E-state index in [-0.39, 0.29) is 6.04 Å². The SMILES string of the molecule is Clc1ccc(/C=C2\CCCC3C2=NN(c2nc(-c4ccc(Br)cc4)cs2)C3c2ccc(Cl)cc2)cc1. The highest BCUT2D eigenvalue weighted by Crippen LogP contribution is 2.47. The standard InChI is InChI=1S/C29H22BrCl2N3S/c30-22-10-6-19(7-11-22)26-17-36-29(33-26)35-28(20-8-14-24(32)15-9-20)25-3-1-2-21(27(25)34-35)16-18-4-12-23(31)13-5-18/h4-17,25,28H,1-3H2/b21-16+. The normalized spacial score (nSPS) is 20.5. The number of hydrazone groups is 1. The van der Waals surface area contributed by atoms with Gasteiger partial charge in [-0.3, -0.25) is 0 Å². The molecular formula is C29H22BrCl2N3S.